The minimum Gasteiger partial charge on any atom is -0.334 e. The van der Waals surface area contributed by atoms with Gasteiger partial charge in [-0.2, -0.15) is 0 Å². The SMILES string of the molecule is CN(C)Cc1ccc(CNC(=O)Nc2ccccc2F)cc1. The standard InChI is InChI=1S/C17H20FN3O/c1-21(2)12-14-9-7-13(8-10-14)11-19-17(22)20-16-6-4-3-5-15(16)18/h3-10H,11-12H2,1-2H3,(H2,19,20,22). The van der Waals surface area contributed by atoms with Crippen molar-refractivity contribution in [3.63, 3.8) is 0 Å². The molecular weight excluding hydrogens is 281 g/mol. The van der Waals surface area contributed by atoms with Gasteiger partial charge in [0.05, 0.1) is 5.69 Å². The first kappa shape index (κ1) is 16.0. The predicted octanol–water partition coefficient (Wildman–Crippen LogP) is 3.21. The van der Waals surface area contributed by atoms with E-state index in [1.54, 1.807) is 12.1 Å². The summed E-state index contributed by atoms with van der Waals surface area (Å²) in [5.74, 6) is -0.453. The molecule has 0 fully saturated rings. The fourth-order valence-electron chi connectivity index (χ4n) is 2.04. The van der Waals surface area contributed by atoms with E-state index in [1.165, 1.54) is 17.7 Å². The summed E-state index contributed by atoms with van der Waals surface area (Å²) in [4.78, 5) is 13.8. The summed E-state index contributed by atoms with van der Waals surface area (Å²) in [6, 6.07) is 13.7. The summed E-state index contributed by atoms with van der Waals surface area (Å²) in [6.45, 7) is 1.27. The van der Waals surface area contributed by atoms with E-state index in [2.05, 4.69) is 15.5 Å². The summed E-state index contributed by atoms with van der Waals surface area (Å²) >= 11 is 0. The van der Waals surface area contributed by atoms with Gasteiger partial charge < -0.3 is 15.5 Å². The van der Waals surface area contributed by atoms with Crippen LogP contribution in [0.2, 0.25) is 0 Å². The van der Waals surface area contributed by atoms with Crippen molar-refractivity contribution in [2.24, 2.45) is 0 Å². The van der Waals surface area contributed by atoms with Crippen molar-refractivity contribution in [3.8, 4) is 0 Å². The van der Waals surface area contributed by atoms with Crippen LogP contribution in [0, 0.1) is 5.82 Å². The van der Waals surface area contributed by atoms with E-state index in [9.17, 15) is 9.18 Å². The number of urea groups is 1. The van der Waals surface area contributed by atoms with Crippen LogP contribution >= 0.6 is 0 Å². The molecule has 0 spiro atoms. The second-order valence-corrected chi connectivity index (χ2v) is 5.34. The average molecular weight is 301 g/mol. The molecule has 2 aromatic rings. The minimum absolute atomic E-state index is 0.168. The second kappa shape index (κ2) is 7.56. The molecule has 0 bridgehead atoms. The maximum absolute atomic E-state index is 13.4. The maximum atomic E-state index is 13.4. The number of para-hydroxylation sites is 1. The zero-order valence-corrected chi connectivity index (χ0v) is 12.8. The average Bonchev–Trinajstić information content (AvgIpc) is 2.48. The summed E-state index contributed by atoms with van der Waals surface area (Å²) in [7, 11) is 4.03. The molecule has 0 aliphatic heterocycles. The van der Waals surface area contributed by atoms with Gasteiger partial charge in [0.1, 0.15) is 5.82 Å². The van der Waals surface area contributed by atoms with Gasteiger partial charge in [-0.25, -0.2) is 9.18 Å². The smallest absolute Gasteiger partial charge is 0.319 e. The monoisotopic (exact) mass is 301 g/mol. The lowest BCUT2D eigenvalue weighted by atomic mass is 10.1. The van der Waals surface area contributed by atoms with E-state index in [0.717, 1.165) is 12.1 Å². The number of nitrogens with zero attached hydrogens (tertiary/aromatic N) is 1. The van der Waals surface area contributed by atoms with Crippen molar-refractivity contribution >= 4 is 11.7 Å². The molecule has 2 aromatic carbocycles. The Morgan fingerprint density at radius 1 is 1.05 bits per heavy atom. The van der Waals surface area contributed by atoms with E-state index in [0.29, 0.717) is 6.54 Å². The van der Waals surface area contributed by atoms with Crippen molar-refractivity contribution in [3.05, 3.63) is 65.5 Å². The van der Waals surface area contributed by atoms with Crippen LogP contribution in [-0.4, -0.2) is 25.0 Å². The highest BCUT2D eigenvalue weighted by Crippen LogP contribution is 2.12. The van der Waals surface area contributed by atoms with Gasteiger partial charge in [-0.15, -0.1) is 0 Å². The highest BCUT2D eigenvalue weighted by atomic mass is 19.1. The maximum Gasteiger partial charge on any atom is 0.319 e. The molecule has 0 aliphatic rings. The van der Waals surface area contributed by atoms with Crippen LogP contribution in [0.25, 0.3) is 0 Å². The zero-order chi connectivity index (χ0) is 15.9. The quantitative estimate of drug-likeness (QED) is 0.890. The van der Waals surface area contributed by atoms with E-state index >= 15 is 0 Å². The molecule has 0 aromatic heterocycles. The van der Waals surface area contributed by atoms with E-state index in [4.69, 9.17) is 0 Å². The highest BCUT2D eigenvalue weighted by molar-refractivity contribution is 5.89. The summed E-state index contributed by atoms with van der Waals surface area (Å²) < 4.78 is 13.4. The third-order valence-electron chi connectivity index (χ3n) is 3.10. The number of hydrogen-bond acceptors (Lipinski definition) is 2. The van der Waals surface area contributed by atoms with Crippen LogP contribution in [0.1, 0.15) is 11.1 Å². The highest BCUT2D eigenvalue weighted by Gasteiger charge is 2.05. The molecule has 0 aliphatic carbocycles. The number of nitrogens with one attached hydrogen (secondary N) is 2. The summed E-state index contributed by atoms with van der Waals surface area (Å²) in [5, 5.41) is 5.19. The van der Waals surface area contributed by atoms with Crippen LogP contribution in [0.4, 0.5) is 14.9 Å². The second-order valence-electron chi connectivity index (χ2n) is 5.34. The lowest BCUT2D eigenvalue weighted by Gasteiger charge is -2.11. The molecule has 0 saturated carbocycles. The van der Waals surface area contributed by atoms with Gasteiger partial charge in [0, 0.05) is 13.1 Å². The Kier molecular flexibility index (Phi) is 5.49. The van der Waals surface area contributed by atoms with Gasteiger partial charge in [0.15, 0.2) is 0 Å². The molecule has 0 heterocycles. The Hall–Kier alpha value is -2.40. The Bertz CT molecular complexity index is 626. The van der Waals surface area contributed by atoms with Crippen molar-refractivity contribution in [2.75, 3.05) is 19.4 Å². The molecule has 2 N–H and O–H groups in total. The molecule has 0 atom stereocenters. The third kappa shape index (κ3) is 4.86. The number of rotatable bonds is 5. The van der Waals surface area contributed by atoms with Crippen molar-refractivity contribution in [1.29, 1.82) is 0 Å². The van der Waals surface area contributed by atoms with Crippen molar-refractivity contribution in [2.45, 2.75) is 13.1 Å². The molecule has 22 heavy (non-hydrogen) atoms. The number of carbonyl (C=O) groups is 1. The first-order chi connectivity index (χ1) is 10.5. The minimum atomic E-state index is -0.453. The summed E-state index contributed by atoms with van der Waals surface area (Å²) in [6.07, 6.45) is 0. The van der Waals surface area contributed by atoms with Crippen molar-refractivity contribution < 1.29 is 9.18 Å². The lowest BCUT2D eigenvalue weighted by Crippen LogP contribution is -2.28. The fraction of sp³-hybridized carbons (Fsp3) is 0.235. The summed E-state index contributed by atoms with van der Waals surface area (Å²) in [5.41, 5.74) is 2.37. The predicted molar refractivity (Wildman–Crippen MR) is 86.1 cm³/mol. The molecule has 0 radical (unpaired) electrons. The molecule has 0 unspecified atom stereocenters. The molecule has 4 nitrogen and oxygen atoms in total. The van der Waals surface area contributed by atoms with Crippen LogP contribution < -0.4 is 10.6 Å². The van der Waals surface area contributed by atoms with Crippen LogP contribution in [-0.2, 0) is 13.1 Å². The van der Waals surface area contributed by atoms with Gasteiger partial charge in [-0.3, -0.25) is 0 Å². The van der Waals surface area contributed by atoms with Gasteiger partial charge in [-0.05, 0) is 37.4 Å². The number of halogens is 1. The van der Waals surface area contributed by atoms with Gasteiger partial charge in [0.25, 0.3) is 0 Å². The van der Waals surface area contributed by atoms with Gasteiger partial charge in [0.2, 0.25) is 0 Å². The number of carbonyl (C=O) groups excluding carboxylic acids is 1. The van der Waals surface area contributed by atoms with Crippen LogP contribution in [0.15, 0.2) is 48.5 Å². The first-order valence-corrected chi connectivity index (χ1v) is 7.06. The van der Waals surface area contributed by atoms with Crippen molar-refractivity contribution in [1.82, 2.24) is 10.2 Å². The Morgan fingerprint density at radius 3 is 2.32 bits per heavy atom. The van der Waals surface area contributed by atoms with E-state index in [-0.39, 0.29) is 5.69 Å². The fourth-order valence-corrected chi connectivity index (χ4v) is 2.04. The van der Waals surface area contributed by atoms with Crippen LogP contribution in [0.3, 0.4) is 0 Å². The number of anilines is 1. The largest absolute Gasteiger partial charge is 0.334 e. The molecule has 116 valence electrons. The molecule has 2 rings (SSSR count). The Morgan fingerprint density at radius 2 is 1.68 bits per heavy atom. The topological polar surface area (TPSA) is 44.4 Å². The Balaban J connectivity index is 1.85. The molecule has 2 amide bonds. The zero-order valence-electron chi connectivity index (χ0n) is 12.8. The molecule has 0 saturated heterocycles. The van der Waals surface area contributed by atoms with Gasteiger partial charge in [-0.1, -0.05) is 36.4 Å². The van der Waals surface area contributed by atoms with Crippen LogP contribution in [0.5, 0.6) is 0 Å². The lowest BCUT2D eigenvalue weighted by molar-refractivity contribution is 0.251. The number of benzene rings is 2. The van der Waals surface area contributed by atoms with E-state index in [1.807, 2.05) is 38.4 Å². The third-order valence-corrected chi connectivity index (χ3v) is 3.10. The first-order valence-electron chi connectivity index (χ1n) is 7.06. The Labute approximate surface area is 129 Å². The normalized spacial score (nSPS) is 10.5. The number of hydrogen-bond donors (Lipinski definition) is 2. The molecule has 5 heteroatoms. The number of amides is 2. The molecular formula is C17H20FN3O. The van der Waals surface area contributed by atoms with Gasteiger partial charge >= 0.3 is 6.03 Å². The van der Waals surface area contributed by atoms with E-state index < -0.39 is 11.8 Å².